The number of ether oxygens (including phenoxy) is 2. The van der Waals surface area contributed by atoms with Crippen molar-refractivity contribution in [3.8, 4) is 0 Å². The lowest BCUT2D eigenvalue weighted by Crippen LogP contribution is -2.49. The third kappa shape index (κ3) is 6.86. The van der Waals surface area contributed by atoms with E-state index in [1.54, 1.807) is 0 Å². The lowest BCUT2D eigenvalue weighted by Gasteiger charge is -2.35. The third-order valence-electron chi connectivity index (χ3n) is 5.89. The Kier molecular flexibility index (Phi) is 8.37. The number of nitrogens with one attached hydrogen (secondary N) is 1. The largest absolute Gasteiger partial charge is 0.376 e. The summed E-state index contributed by atoms with van der Waals surface area (Å²) in [6.07, 6.45) is 6.17. The molecule has 0 bridgehead atoms. The Bertz CT molecular complexity index is 585. The third-order valence-corrected chi connectivity index (χ3v) is 7.50. The Morgan fingerprint density at radius 1 is 1.14 bits per heavy atom. The smallest absolute Gasteiger partial charge is 0.193 e. The maximum atomic E-state index is 11.5. The van der Waals surface area contributed by atoms with Gasteiger partial charge in [0.1, 0.15) is 0 Å². The van der Waals surface area contributed by atoms with Gasteiger partial charge in [-0.25, -0.2) is 8.42 Å². The summed E-state index contributed by atoms with van der Waals surface area (Å²) < 4.78 is 34.9. The van der Waals surface area contributed by atoms with E-state index in [2.05, 4.69) is 20.1 Å². The first-order valence-electron chi connectivity index (χ1n) is 10.7. The van der Waals surface area contributed by atoms with Crippen LogP contribution in [0.15, 0.2) is 4.99 Å². The van der Waals surface area contributed by atoms with Crippen molar-refractivity contribution in [2.24, 2.45) is 4.99 Å². The molecular weight excluding hydrogens is 380 g/mol. The highest BCUT2D eigenvalue weighted by Gasteiger charge is 2.24. The Morgan fingerprint density at radius 2 is 1.89 bits per heavy atom. The zero-order valence-electron chi connectivity index (χ0n) is 17.1. The highest BCUT2D eigenvalue weighted by atomic mass is 32.2. The van der Waals surface area contributed by atoms with E-state index in [4.69, 9.17) is 9.47 Å². The van der Waals surface area contributed by atoms with E-state index in [-0.39, 0.29) is 17.6 Å². The number of nitrogens with zero attached hydrogens (tertiary/aromatic N) is 3. The van der Waals surface area contributed by atoms with Crippen LogP contribution in [0.1, 0.15) is 32.1 Å². The minimum Gasteiger partial charge on any atom is -0.376 e. The zero-order chi connectivity index (χ0) is 19.8. The van der Waals surface area contributed by atoms with E-state index in [1.807, 2.05) is 7.05 Å². The summed E-state index contributed by atoms with van der Waals surface area (Å²) in [5, 5.41) is 3.43. The molecule has 0 radical (unpaired) electrons. The van der Waals surface area contributed by atoms with Gasteiger partial charge in [0, 0.05) is 52.9 Å². The summed E-state index contributed by atoms with van der Waals surface area (Å²) in [5.41, 5.74) is 0. The lowest BCUT2D eigenvalue weighted by atomic mass is 10.1. The Balaban J connectivity index is 1.31. The maximum Gasteiger partial charge on any atom is 0.193 e. The molecule has 3 saturated heterocycles. The molecule has 1 N–H and O–H groups in total. The van der Waals surface area contributed by atoms with E-state index >= 15 is 0 Å². The molecule has 3 heterocycles. The molecule has 8 nitrogen and oxygen atoms in total. The SMILES string of the molecule is CN=C(NCCN1CCS(=O)(=O)CC1)N1CCC(OCC2CCCCO2)CC1. The second kappa shape index (κ2) is 10.8. The van der Waals surface area contributed by atoms with E-state index < -0.39 is 9.84 Å². The van der Waals surface area contributed by atoms with Gasteiger partial charge in [-0.2, -0.15) is 0 Å². The van der Waals surface area contributed by atoms with E-state index in [0.717, 1.165) is 64.6 Å². The van der Waals surface area contributed by atoms with Crippen LogP contribution < -0.4 is 5.32 Å². The number of likely N-dealkylation sites (tertiary alicyclic amines) is 1. The molecule has 0 aromatic carbocycles. The fourth-order valence-corrected chi connectivity index (χ4v) is 5.33. The van der Waals surface area contributed by atoms with Crippen LogP contribution in [0.25, 0.3) is 0 Å². The van der Waals surface area contributed by atoms with Crippen molar-refractivity contribution in [3.05, 3.63) is 0 Å². The first kappa shape index (κ1) is 21.8. The van der Waals surface area contributed by atoms with E-state index in [0.29, 0.717) is 19.2 Å². The molecule has 0 aromatic heterocycles. The summed E-state index contributed by atoms with van der Waals surface area (Å²) >= 11 is 0. The van der Waals surface area contributed by atoms with Gasteiger partial charge in [0.25, 0.3) is 0 Å². The minimum absolute atomic E-state index is 0.279. The molecule has 9 heteroatoms. The molecule has 3 rings (SSSR count). The second-order valence-corrected chi connectivity index (χ2v) is 10.3. The van der Waals surface area contributed by atoms with E-state index in [1.165, 1.54) is 12.8 Å². The minimum atomic E-state index is -2.81. The van der Waals surface area contributed by atoms with Crippen molar-refractivity contribution in [1.29, 1.82) is 0 Å². The molecule has 3 aliphatic heterocycles. The molecule has 1 atom stereocenters. The predicted molar refractivity (Wildman–Crippen MR) is 111 cm³/mol. The van der Waals surface area contributed by atoms with Crippen LogP contribution in [0, 0.1) is 0 Å². The summed E-state index contributed by atoms with van der Waals surface area (Å²) in [4.78, 5) is 8.91. The van der Waals surface area contributed by atoms with Crippen LogP contribution in [0.5, 0.6) is 0 Å². The normalized spacial score (nSPS) is 27.7. The Hall–Kier alpha value is -0.900. The van der Waals surface area contributed by atoms with Crippen molar-refractivity contribution in [2.75, 3.05) is 71.0 Å². The maximum absolute atomic E-state index is 11.5. The number of guanidine groups is 1. The van der Waals surface area contributed by atoms with Crippen LogP contribution in [0.4, 0.5) is 0 Å². The van der Waals surface area contributed by atoms with Crippen LogP contribution in [0.3, 0.4) is 0 Å². The topological polar surface area (TPSA) is 83.5 Å². The number of aliphatic imine (C=N–C) groups is 1. The average molecular weight is 417 g/mol. The zero-order valence-corrected chi connectivity index (χ0v) is 18.0. The van der Waals surface area contributed by atoms with Gasteiger partial charge >= 0.3 is 0 Å². The number of rotatable bonds is 6. The molecule has 28 heavy (non-hydrogen) atoms. The predicted octanol–water partition coefficient (Wildman–Crippen LogP) is 0.342. The number of sulfone groups is 1. The van der Waals surface area contributed by atoms with Gasteiger partial charge < -0.3 is 19.7 Å². The molecule has 3 aliphatic rings. The van der Waals surface area contributed by atoms with Gasteiger partial charge in [-0.05, 0) is 32.1 Å². The highest BCUT2D eigenvalue weighted by molar-refractivity contribution is 7.91. The number of hydrogen-bond acceptors (Lipinski definition) is 6. The summed E-state index contributed by atoms with van der Waals surface area (Å²) in [5.74, 6) is 1.49. The number of hydrogen-bond donors (Lipinski definition) is 1. The van der Waals surface area contributed by atoms with Gasteiger partial charge in [0.15, 0.2) is 15.8 Å². The van der Waals surface area contributed by atoms with Crippen molar-refractivity contribution in [1.82, 2.24) is 15.1 Å². The van der Waals surface area contributed by atoms with Crippen LogP contribution in [0.2, 0.25) is 0 Å². The first-order valence-corrected chi connectivity index (χ1v) is 12.5. The lowest BCUT2D eigenvalue weighted by molar-refractivity contribution is -0.0721. The highest BCUT2D eigenvalue weighted by Crippen LogP contribution is 2.18. The van der Waals surface area contributed by atoms with Gasteiger partial charge in [0.05, 0.1) is 30.3 Å². The molecule has 0 amide bonds. The molecule has 0 aromatic rings. The Labute approximate surface area is 169 Å². The van der Waals surface area contributed by atoms with Gasteiger partial charge in [-0.15, -0.1) is 0 Å². The summed E-state index contributed by atoms with van der Waals surface area (Å²) in [7, 11) is -0.992. The fourth-order valence-electron chi connectivity index (χ4n) is 4.05. The first-order chi connectivity index (χ1) is 13.6. The second-order valence-electron chi connectivity index (χ2n) is 7.98. The summed E-state index contributed by atoms with van der Waals surface area (Å²) in [6, 6.07) is 0. The fraction of sp³-hybridized carbons (Fsp3) is 0.947. The average Bonchev–Trinajstić information content (AvgIpc) is 2.72. The molecule has 162 valence electrons. The molecule has 0 aliphatic carbocycles. The summed E-state index contributed by atoms with van der Waals surface area (Å²) in [6.45, 7) is 6.38. The van der Waals surface area contributed by atoms with Crippen LogP contribution >= 0.6 is 0 Å². The quantitative estimate of drug-likeness (QED) is 0.494. The van der Waals surface area contributed by atoms with Crippen molar-refractivity contribution in [2.45, 2.75) is 44.3 Å². The molecule has 0 saturated carbocycles. The van der Waals surface area contributed by atoms with Gasteiger partial charge in [-0.3, -0.25) is 9.89 Å². The molecular formula is C19H36N4O4S. The molecule has 1 unspecified atom stereocenters. The number of piperidine rings is 1. The van der Waals surface area contributed by atoms with Gasteiger partial charge in [0.2, 0.25) is 0 Å². The molecule has 3 fully saturated rings. The monoisotopic (exact) mass is 416 g/mol. The van der Waals surface area contributed by atoms with Gasteiger partial charge in [-0.1, -0.05) is 0 Å². The standard InChI is InChI=1S/C19H36N4O4S/c1-20-19(21-7-10-22-11-14-28(24,25)15-12-22)23-8-5-17(6-9-23)27-16-18-4-2-3-13-26-18/h17-18H,2-16H2,1H3,(H,20,21). The van der Waals surface area contributed by atoms with Crippen LogP contribution in [-0.2, 0) is 19.3 Å². The van der Waals surface area contributed by atoms with Crippen molar-refractivity contribution in [3.63, 3.8) is 0 Å². The van der Waals surface area contributed by atoms with Crippen molar-refractivity contribution >= 4 is 15.8 Å². The Morgan fingerprint density at radius 3 is 2.54 bits per heavy atom. The van der Waals surface area contributed by atoms with E-state index in [9.17, 15) is 8.42 Å². The molecule has 0 spiro atoms. The van der Waals surface area contributed by atoms with Crippen LogP contribution in [-0.4, -0.2) is 107 Å². The van der Waals surface area contributed by atoms with Crippen molar-refractivity contribution < 1.29 is 17.9 Å².